The van der Waals surface area contributed by atoms with E-state index in [2.05, 4.69) is 10.6 Å². The number of hydrogen-bond acceptors (Lipinski definition) is 3. The SMILES string of the molecule is CC1(CCc2ccccc2)NC(=O)N(CC(=O)NCc2ccccc2Cl)C1=O. The lowest BCUT2D eigenvalue weighted by molar-refractivity contribution is -0.134. The van der Waals surface area contributed by atoms with E-state index in [0.29, 0.717) is 17.9 Å². The normalized spacial score (nSPS) is 18.9. The predicted octanol–water partition coefficient (Wildman–Crippen LogP) is 2.90. The number of nitrogens with one attached hydrogen (secondary N) is 2. The Balaban J connectivity index is 1.57. The first-order valence-electron chi connectivity index (χ1n) is 9.07. The summed E-state index contributed by atoms with van der Waals surface area (Å²) in [5, 5.41) is 5.97. The van der Waals surface area contributed by atoms with Crippen molar-refractivity contribution in [3.05, 3.63) is 70.7 Å². The summed E-state index contributed by atoms with van der Waals surface area (Å²) in [4.78, 5) is 38.2. The third-order valence-electron chi connectivity index (χ3n) is 4.84. The van der Waals surface area contributed by atoms with Crippen LogP contribution in [0.1, 0.15) is 24.5 Å². The first-order valence-corrected chi connectivity index (χ1v) is 9.45. The second kappa shape index (κ2) is 8.44. The molecule has 1 heterocycles. The van der Waals surface area contributed by atoms with Crippen molar-refractivity contribution in [2.45, 2.75) is 31.8 Å². The molecule has 1 fully saturated rings. The summed E-state index contributed by atoms with van der Waals surface area (Å²) in [5.74, 6) is -0.808. The van der Waals surface area contributed by atoms with Crippen LogP contribution in [0.25, 0.3) is 0 Å². The molecule has 0 saturated carbocycles. The molecular formula is C21H22ClN3O3. The van der Waals surface area contributed by atoms with Crippen molar-refractivity contribution in [2.24, 2.45) is 0 Å². The van der Waals surface area contributed by atoms with E-state index in [0.717, 1.165) is 16.0 Å². The van der Waals surface area contributed by atoms with Gasteiger partial charge in [-0.15, -0.1) is 0 Å². The first kappa shape index (κ1) is 19.9. The molecule has 0 aromatic heterocycles. The Morgan fingerprint density at radius 2 is 1.79 bits per heavy atom. The topological polar surface area (TPSA) is 78.5 Å². The van der Waals surface area contributed by atoms with Gasteiger partial charge in [-0.2, -0.15) is 0 Å². The minimum Gasteiger partial charge on any atom is -0.350 e. The lowest BCUT2D eigenvalue weighted by Crippen LogP contribution is -2.45. The fourth-order valence-electron chi connectivity index (χ4n) is 3.13. The van der Waals surface area contributed by atoms with E-state index in [1.165, 1.54) is 0 Å². The van der Waals surface area contributed by atoms with Crippen LogP contribution in [0.5, 0.6) is 0 Å². The second-order valence-electron chi connectivity index (χ2n) is 7.01. The summed E-state index contributed by atoms with van der Waals surface area (Å²) in [7, 11) is 0. The number of benzene rings is 2. The minimum atomic E-state index is -1.02. The van der Waals surface area contributed by atoms with Crippen LogP contribution in [0, 0.1) is 0 Å². The number of aryl methyl sites for hydroxylation is 1. The molecule has 28 heavy (non-hydrogen) atoms. The fraction of sp³-hybridized carbons (Fsp3) is 0.286. The lowest BCUT2D eigenvalue weighted by Gasteiger charge is -2.21. The van der Waals surface area contributed by atoms with Gasteiger partial charge in [0.25, 0.3) is 5.91 Å². The highest BCUT2D eigenvalue weighted by atomic mass is 35.5. The smallest absolute Gasteiger partial charge is 0.325 e. The van der Waals surface area contributed by atoms with Gasteiger partial charge in [-0.3, -0.25) is 14.5 Å². The number of hydrogen-bond donors (Lipinski definition) is 2. The molecule has 0 spiro atoms. The molecule has 2 aromatic rings. The molecule has 7 heteroatoms. The van der Waals surface area contributed by atoms with Crippen LogP contribution in [0.4, 0.5) is 4.79 Å². The molecule has 1 aliphatic rings. The minimum absolute atomic E-state index is 0.230. The Bertz CT molecular complexity index is 887. The van der Waals surface area contributed by atoms with Crippen molar-refractivity contribution in [3.8, 4) is 0 Å². The van der Waals surface area contributed by atoms with Crippen molar-refractivity contribution in [3.63, 3.8) is 0 Å². The molecule has 4 amide bonds. The van der Waals surface area contributed by atoms with Gasteiger partial charge < -0.3 is 10.6 Å². The maximum absolute atomic E-state index is 12.8. The number of carbonyl (C=O) groups is 3. The Morgan fingerprint density at radius 1 is 1.11 bits per heavy atom. The van der Waals surface area contributed by atoms with Crippen LogP contribution in [-0.2, 0) is 22.6 Å². The van der Waals surface area contributed by atoms with Gasteiger partial charge in [0.15, 0.2) is 0 Å². The molecule has 1 atom stereocenters. The zero-order chi connectivity index (χ0) is 20.1. The third kappa shape index (κ3) is 4.51. The van der Waals surface area contributed by atoms with Crippen molar-refractivity contribution in [1.82, 2.24) is 15.5 Å². The Kier molecular flexibility index (Phi) is 5.99. The average molecular weight is 400 g/mol. The number of nitrogens with zero attached hydrogens (tertiary/aromatic N) is 1. The Morgan fingerprint density at radius 3 is 2.50 bits per heavy atom. The van der Waals surface area contributed by atoms with E-state index in [-0.39, 0.29) is 19.0 Å². The molecular weight excluding hydrogens is 378 g/mol. The van der Waals surface area contributed by atoms with E-state index < -0.39 is 17.5 Å². The molecule has 0 radical (unpaired) electrons. The van der Waals surface area contributed by atoms with E-state index in [4.69, 9.17) is 11.6 Å². The number of amides is 4. The summed E-state index contributed by atoms with van der Waals surface area (Å²) in [6.07, 6.45) is 1.11. The quantitative estimate of drug-likeness (QED) is 0.702. The summed E-state index contributed by atoms with van der Waals surface area (Å²) in [5.41, 5.74) is 0.833. The van der Waals surface area contributed by atoms with Gasteiger partial charge in [-0.1, -0.05) is 60.1 Å². The van der Waals surface area contributed by atoms with Crippen molar-refractivity contribution in [1.29, 1.82) is 0 Å². The average Bonchev–Trinajstić information content (AvgIpc) is 2.90. The van der Waals surface area contributed by atoms with Crippen LogP contribution in [0.2, 0.25) is 5.02 Å². The number of carbonyl (C=O) groups excluding carboxylic acids is 3. The second-order valence-corrected chi connectivity index (χ2v) is 7.41. The number of rotatable bonds is 7. The van der Waals surface area contributed by atoms with Gasteiger partial charge in [-0.05, 0) is 37.0 Å². The van der Waals surface area contributed by atoms with Gasteiger partial charge >= 0.3 is 6.03 Å². The van der Waals surface area contributed by atoms with Crippen LogP contribution >= 0.6 is 11.6 Å². The molecule has 0 aliphatic carbocycles. The van der Waals surface area contributed by atoms with Gasteiger partial charge in [0.1, 0.15) is 12.1 Å². The van der Waals surface area contributed by atoms with Gasteiger partial charge in [-0.25, -0.2) is 4.79 Å². The van der Waals surface area contributed by atoms with E-state index in [9.17, 15) is 14.4 Å². The third-order valence-corrected chi connectivity index (χ3v) is 5.21. The van der Waals surface area contributed by atoms with Crippen LogP contribution < -0.4 is 10.6 Å². The number of halogens is 1. The molecule has 6 nitrogen and oxygen atoms in total. The molecule has 146 valence electrons. The lowest BCUT2D eigenvalue weighted by atomic mass is 9.93. The summed E-state index contributed by atoms with van der Waals surface area (Å²) in [6.45, 7) is 1.60. The summed E-state index contributed by atoms with van der Waals surface area (Å²) in [6, 6.07) is 16.4. The Labute approximate surface area is 168 Å². The highest BCUT2D eigenvalue weighted by Gasteiger charge is 2.47. The van der Waals surface area contributed by atoms with Gasteiger partial charge in [0.2, 0.25) is 5.91 Å². The summed E-state index contributed by atoms with van der Waals surface area (Å²) >= 11 is 6.07. The zero-order valence-corrected chi connectivity index (χ0v) is 16.3. The van der Waals surface area contributed by atoms with Crippen LogP contribution in [0.3, 0.4) is 0 Å². The van der Waals surface area contributed by atoms with Gasteiger partial charge in [0.05, 0.1) is 0 Å². The fourth-order valence-corrected chi connectivity index (χ4v) is 3.34. The van der Waals surface area contributed by atoms with Crippen molar-refractivity contribution in [2.75, 3.05) is 6.54 Å². The Hall–Kier alpha value is -2.86. The van der Waals surface area contributed by atoms with E-state index >= 15 is 0 Å². The number of urea groups is 1. The highest BCUT2D eigenvalue weighted by Crippen LogP contribution is 2.23. The molecule has 0 bridgehead atoms. The maximum atomic E-state index is 12.8. The van der Waals surface area contributed by atoms with Crippen LogP contribution in [-0.4, -0.2) is 34.8 Å². The molecule has 1 unspecified atom stereocenters. The van der Waals surface area contributed by atoms with E-state index in [1.807, 2.05) is 36.4 Å². The first-order chi connectivity index (χ1) is 13.4. The predicted molar refractivity (Wildman–Crippen MR) is 107 cm³/mol. The molecule has 1 aliphatic heterocycles. The van der Waals surface area contributed by atoms with Crippen LogP contribution in [0.15, 0.2) is 54.6 Å². The van der Waals surface area contributed by atoms with Crippen molar-refractivity contribution < 1.29 is 14.4 Å². The van der Waals surface area contributed by atoms with E-state index in [1.54, 1.807) is 25.1 Å². The molecule has 3 rings (SSSR count). The standard InChI is InChI=1S/C21H22ClN3O3/c1-21(12-11-15-7-3-2-4-8-15)19(27)25(20(28)24-21)14-18(26)23-13-16-9-5-6-10-17(16)22/h2-10H,11-14H2,1H3,(H,23,26)(H,24,28). The number of imide groups is 1. The monoisotopic (exact) mass is 399 g/mol. The summed E-state index contributed by atoms with van der Waals surface area (Å²) < 4.78 is 0. The highest BCUT2D eigenvalue weighted by molar-refractivity contribution is 6.31. The molecule has 2 N–H and O–H groups in total. The molecule has 2 aromatic carbocycles. The van der Waals surface area contributed by atoms with Gasteiger partial charge in [0, 0.05) is 11.6 Å². The molecule has 1 saturated heterocycles. The van der Waals surface area contributed by atoms with Crippen molar-refractivity contribution >= 4 is 29.4 Å². The maximum Gasteiger partial charge on any atom is 0.325 e. The zero-order valence-electron chi connectivity index (χ0n) is 15.6. The largest absolute Gasteiger partial charge is 0.350 e.